The number of furan rings is 1. The maximum absolute atomic E-state index is 13.8. The third-order valence-corrected chi connectivity index (χ3v) is 8.30. The highest BCUT2D eigenvalue weighted by atomic mass is 35.5. The van der Waals surface area contributed by atoms with Crippen molar-refractivity contribution in [1.29, 1.82) is 0 Å². The zero-order valence-corrected chi connectivity index (χ0v) is 24.8. The quantitative estimate of drug-likeness (QED) is 0.114. The Balaban J connectivity index is 1.63. The Morgan fingerprint density at radius 1 is 1.22 bits per heavy atom. The minimum atomic E-state index is -0.737. The van der Waals surface area contributed by atoms with Crippen molar-refractivity contribution in [3.63, 3.8) is 0 Å². The summed E-state index contributed by atoms with van der Waals surface area (Å²) in [5.74, 6) is 0.0500. The number of benzene rings is 2. The molecule has 4 aromatic rings. The maximum atomic E-state index is 13.8. The standard InChI is InChI=1S/C29H24ClN3O6S2/c1-15(2)38-28(35)25-16(3)31-29-32(26(25)17-5-9-20(40-4)10-6-17)27(34)24(41-29)14-19-8-12-23(39-19)21-11-7-18(30)13-22(21)33(36)37/h5-15,26H,1-4H3/b24-14-/t26-/m0/s1. The number of nitro benzene ring substituents is 1. The van der Waals surface area contributed by atoms with Crippen LogP contribution in [0.2, 0.25) is 5.02 Å². The summed E-state index contributed by atoms with van der Waals surface area (Å²) in [6.07, 6.45) is 3.18. The van der Waals surface area contributed by atoms with Gasteiger partial charge in [0.1, 0.15) is 11.5 Å². The number of nitro groups is 1. The predicted octanol–water partition coefficient (Wildman–Crippen LogP) is 5.73. The fourth-order valence-corrected chi connectivity index (χ4v) is 6.13. The molecule has 0 saturated heterocycles. The molecule has 5 rings (SSSR count). The molecule has 0 spiro atoms. The van der Waals surface area contributed by atoms with Crippen LogP contribution in [0.1, 0.15) is 38.1 Å². The van der Waals surface area contributed by atoms with Gasteiger partial charge >= 0.3 is 5.97 Å². The second-order valence-corrected chi connectivity index (χ2v) is 11.8. The van der Waals surface area contributed by atoms with E-state index in [0.717, 1.165) is 21.8 Å². The van der Waals surface area contributed by atoms with E-state index in [1.807, 2.05) is 30.5 Å². The highest BCUT2D eigenvalue weighted by molar-refractivity contribution is 7.98. The Kier molecular flexibility index (Phi) is 8.03. The minimum absolute atomic E-state index is 0.193. The van der Waals surface area contributed by atoms with Gasteiger partial charge in [0.05, 0.1) is 38.4 Å². The van der Waals surface area contributed by atoms with Crippen molar-refractivity contribution in [3.05, 3.63) is 112 Å². The summed E-state index contributed by atoms with van der Waals surface area (Å²) in [6, 6.07) is 14.5. The van der Waals surface area contributed by atoms with Crippen LogP contribution in [-0.2, 0) is 9.53 Å². The average Bonchev–Trinajstić information content (AvgIpc) is 3.51. The van der Waals surface area contributed by atoms with Crippen molar-refractivity contribution in [1.82, 2.24) is 4.57 Å². The van der Waals surface area contributed by atoms with Gasteiger partial charge in [-0.1, -0.05) is 35.1 Å². The number of fused-ring (bicyclic) bond motifs is 1. The van der Waals surface area contributed by atoms with Crippen molar-refractivity contribution in [2.24, 2.45) is 4.99 Å². The summed E-state index contributed by atoms with van der Waals surface area (Å²) < 4.78 is 13.3. The molecule has 0 aliphatic carbocycles. The fraction of sp³-hybridized carbons (Fsp3) is 0.207. The van der Waals surface area contributed by atoms with Crippen molar-refractivity contribution in [2.45, 2.75) is 37.8 Å². The van der Waals surface area contributed by atoms with Crippen LogP contribution < -0.4 is 14.9 Å². The number of carbonyl (C=O) groups is 1. The molecule has 0 N–H and O–H groups in total. The lowest BCUT2D eigenvalue weighted by Gasteiger charge is -2.25. The first-order chi connectivity index (χ1) is 19.6. The van der Waals surface area contributed by atoms with Crippen molar-refractivity contribution < 1.29 is 18.9 Å². The Morgan fingerprint density at radius 3 is 2.61 bits per heavy atom. The number of hydrogen-bond donors (Lipinski definition) is 0. The van der Waals surface area contributed by atoms with Gasteiger partial charge < -0.3 is 9.15 Å². The summed E-state index contributed by atoms with van der Waals surface area (Å²) in [4.78, 5) is 44.2. The molecule has 9 nitrogen and oxygen atoms in total. The second-order valence-electron chi connectivity index (χ2n) is 9.43. The normalized spacial score (nSPS) is 15.2. The Bertz CT molecular complexity index is 1890. The highest BCUT2D eigenvalue weighted by Gasteiger charge is 2.33. The highest BCUT2D eigenvalue weighted by Crippen LogP contribution is 2.34. The molecule has 1 aliphatic heterocycles. The van der Waals surface area contributed by atoms with Gasteiger partial charge in [0.25, 0.3) is 11.2 Å². The summed E-state index contributed by atoms with van der Waals surface area (Å²) in [5, 5.41) is 11.8. The topological polar surface area (TPSA) is 117 Å². The van der Waals surface area contributed by atoms with Gasteiger partial charge in [-0.25, -0.2) is 9.79 Å². The first-order valence-corrected chi connectivity index (χ1v) is 14.9. The molecule has 210 valence electrons. The minimum Gasteiger partial charge on any atom is -0.459 e. The van der Waals surface area contributed by atoms with Crippen LogP contribution in [-0.4, -0.2) is 27.8 Å². The first kappa shape index (κ1) is 28.6. The first-order valence-electron chi connectivity index (χ1n) is 12.5. The monoisotopic (exact) mass is 609 g/mol. The maximum Gasteiger partial charge on any atom is 0.338 e. The van der Waals surface area contributed by atoms with Gasteiger partial charge in [-0.3, -0.25) is 19.5 Å². The van der Waals surface area contributed by atoms with E-state index in [9.17, 15) is 19.7 Å². The second kappa shape index (κ2) is 11.5. The number of rotatable bonds is 7. The molecule has 0 amide bonds. The van der Waals surface area contributed by atoms with Gasteiger partial charge in [0, 0.05) is 22.1 Å². The number of nitrogens with zero attached hydrogens (tertiary/aromatic N) is 3. The summed E-state index contributed by atoms with van der Waals surface area (Å²) >= 11 is 8.70. The van der Waals surface area contributed by atoms with Gasteiger partial charge in [-0.2, -0.15) is 0 Å². The number of halogens is 1. The number of ether oxygens (including phenoxy) is 1. The van der Waals surface area contributed by atoms with E-state index in [1.165, 1.54) is 16.7 Å². The molecule has 41 heavy (non-hydrogen) atoms. The molecule has 3 heterocycles. The SMILES string of the molecule is CSc1ccc([C@H]2C(C(=O)OC(C)C)=C(C)N=c3s/c(=C\c4ccc(-c5ccc(Cl)cc5[N+](=O)[O-])o4)c(=O)n32)cc1. The third kappa shape index (κ3) is 5.65. The fourth-order valence-electron chi connectivity index (χ4n) is 4.53. The van der Waals surface area contributed by atoms with Crippen LogP contribution in [0, 0.1) is 10.1 Å². The third-order valence-electron chi connectivity index (χ3n) is 6.34. The lowest BCUT2D eigenvalue weighted by molar-refractivity contribution is -0.384. The van der Waals surface area contributed by atoms with Gasteiger partial charge in [-0.05, 0) is 69.0 Å². The van der Waals surface area contributed by atoms with Gasteiger partial charge in [0.15, 0.2) is 4.80 Å². The van der Waals surface area contributed by atoms with Crippen LogP contribution >= 0.6 is 34.7 Å². The van der Waals surface area contributed by atoms with Crippen molar-refractivity contribution in [2.75, 3.05) is 6.26 Å². The van der Waals surface area contributed by atoms with Crippen LogP contribution in [0.4, 0.5) is 5.69 Å². The zero-order chi connectivity index (χ0) is 29.4. The van der Waals surface area contributed by atoms with E-state index in [-0.39, 0.29) is 33.7 Å². The lowest BCUT2D eigenvalue weighted by atomic mass is 9.96. The molecule has 1 aliphatic rings. The van der Waals surface area contributed by atoms with E-state index in [1.54, 1.807) is 56.8 Å². The Morgan fingerprint density at radius 2 is 1.95 bits per heavy atom. The predicted molar refractivity (Wildman–Crippen MR) is 159 cm³/mol. The number of thioether (sulfide) groups is 1. The van der Waals surface area contributed by atoms with Crippen LogP contribution in [0.15, 0.2) is 85.0 Å². The van der Waals surface area contributed by atoms with E-state index in [2.05, 4.69) is 4.99 Å². The van der Waals surface area contributed by atoms with Crippen LogP contribution in [0.5, 0.6) is 0 Å². The van der Waals surface area contributed by atoms with Crippen molar-refractivity contribution in [3.8, 4) is 11.3 Å². The summed E-state index contributed by atoms with van der Waals surface area (Å²) in [5.41, 5.74) is 1.23. The van der Waals surface area contributed by atoms with Gasteiger partial charge in [-0.15, -0.1) is 11.8 Å². The molecule has 0 unspecified atom stereocenters. The summed E-state index contributed by atoms with van der Waals surface area (Å²) in [6.45, 7) is 5.26. The number of carbonyl (C=O) groups excluding carboxylic acids is 1. The Labute approximate surface area is 247 Å². The molecular weight excluding hydrogens is 586 g/mol. The Hall–Kier alpha value is -3.93. The molecular formula is C29H24ClN3O6S2. The van der Waals surface area contributed by atoms with Crippen molar-refractivity contribution >= 4 is 52.4 Å². The molecule has 2 aromatic heterocycles. The number of aromatic nitrogens is 1. The molecule has 2 aromatic carbocycles. The molecule has 1 atom stereocenters. The zero-order valence-electron chi connectivity index (χ0n) is 22.4. The number of hydrogen-bond acceptors (Lipinski definition) is 9. The molecule has 0 saturated carbocycles. The average molecular weight is 610 g/mol. The number of thiazole rings is 1. The van der Waals surface area contributed by atoms with Gasteiger partial charge in [0.2, 0.25) is 0 Å². The summed E-state index contributed by atoms with van der Waals surface area (Å²) in [7, 11) is 0. The molecule has 0 radical (unpaired) electrons. The van der Waals surface area contributed by atoms with Crippen LogP contribution in [0.3, 0.4) is 0 Å². The van der Waals surface area contributed by atoms with E-state index in [0.29, 0.717) is 26.4 Å². The van der Waals surface area contributed by atoms with E-state index >= 15 is 0 Å². The molecule has 0 fully saturated rings. The number of allylic oxidation sites excluding steroid dienone is 1. The lowest BCUT2D eigenvalue weighted by Crippen LogP contribution is -2.40. The largest absolute Gasteiger partial charge is 0.459 e. The van der Waals surface area contributed by atoms with E-state index in [4.69, 9.17) is 20.8 Å². The molecule has 0 bridgehead atoms. The molecule has 12 heteroatoms. The van der Waals surface area contributed by atoms with E-state index < -0.39 is 16.9 Å². The smallest absolute Gasteiger partial charge is 0.338 e. The van der Waals surface area contributed by atoms with Crippen LogP contribution in [0.25, 0.3) is 17.4 Å². The number of esters is 1.